The summed E-state index contributed by atoms with van der Waals surface area (Å²) in [7, 11) is 0. The van der Waals surface area contributed by atoms with E-state index in [1.165, 1.54) is 5.56 Å². The van der Waals surface area contributed by atoms with Gasteiger partial charge in [-0.3, -0.25) is 4.79 Å². The normalized spacial score (nSPS) is 33.8. The highest BCUT2D eigenvalue weighted by atomic mass is 16.5. The Morgan fingerprint density at radius 3 is 2.93 bits per heavy atom. The monoisotopic (exact) mass is 188 g/mol. The lowest BCUT2D eigenvalue weighted by Crippen LogP contribution is -2.60. The third kappa shape index (κ3) is 0.834. The number of para-hydroxylation sites is 1. The minimum atomic E-state index is -0.519. The van der Waals surface area contributed by atoms with Crippen molar-refractivity contribution in [3.8, 4) is 5.75 Å². The molecule has 14 heavy (non-hydrogen) atoms. The van der Waals surface area contributed by atoms with E-state index >= 15 is 0 Å². The van der Waals surface area contributed by atoms with Crippen molar-refractivity contribution >= 4 is 5.78 Å². The number of hydrogen-bond donors (Lipinski definition) is 0. The van der Waals surface area contributed by atoms with Crippen molar-refractivity contribution in [3.63, 3.8) is 0 Å². The van der Waals surface area contributed by atoms with E-state index in [9.17, 15) is 4.79 Å². The number of ketones is 1. The van der Waals surface area contributed by atoms with Crippen LogP contribution in [0, 0.1) is 5.92 Å². The standard InChI is InChI=1S/C12H12O2/c1-12-9(7-11(12)13)6-8-4-2-3-5-10(8)14-12/h2-5,9H,6-7H2,1H3/t9-,12-/m0/s1. The van der Waals surface area contributed by atoms with Crippen LogP contribution in [0.5, 0.6) is 5.75 Å². The number of benzene rings is 1. The van der Waals surface area contributed by atoms with Crippen LogP contribution in [0.4, 0.5) is 0 Å². The first-order chi connectivity index (χ1) is 6.70. The highest BCUT2D eigenvalue weighted by Crippen LogP contribution is 2.46. The fourth-order valence-electron chi connectivity index (χ4n) is 2.39. The molecule has 1 fully saturated rings. The number of carbonyl (C=O) groups is 1. The molecule has 0 amide bonds. The van der Waals surface area contributed by atoms with Gasteiger partial charge in [-0.1, -0.05) is 18.2 Å². The van der Waals surface area contributed by atoms with Crippen LogP contribution < -0.4 is 4.74 Å². The molecule has 1 aliphatic heterocycles. The molecular weight excluding hydrogens is 176 g/mol. The summed E-state index contributed by atoms with van der Waals surface area (Å²) >= 11 is 0. The molecular formula is C12H12O2. The molecule has 0 N–H and O–H groups in total. The average molecular weight is 188 g/mol. The Bertz CT molecular complexity index is 411. The lowest BCUT2D eigenvalue weighted by molar-refractivity contribution is -0.156. The zero-order chi connectivity index (χ0) is 9.76. The van der Waals surface area contributed by atoms with Crippen LogP contribution in [0.2, 0.25) is 0 Å². The van der Waals surface area contributed by atoms with Crippen molar-refractivity contribution in [1.82, 2.24) is 0 Å². The van der Waals surface area contributed by atoms with Gasteiger partial charge in [-0.15, -0.1) is 0 Å². The maximum atomic E-state index is 11.5. The van der Waals surface area contributed by atoms with E-state index in [4.69, 9.17) is 4.74 Å². The van der Waals surface area contributed by atoms with Gasteiger partial charge < -0.3 is 4.74 Å². The smallest absolute Gasteiger partial charge is 0.176 e. The van der Waals surface area contributed by atoms with E-state index in [1.54, 1.807) is 0 Å². The lowest BCUT2D eigenvalue weighted by atomic mass is 9.65. The molecule has 0 aromatic heterocycles. The van der Waals surface area contributed by atoms with Crippen LogP contribution in [0.1, 0.15) is 18.9 Å². The summed E-state index contributed by atoms with van der Waals surface area (Å²) in [6.07, 6.45) is 1.67. The Hall–Kier alpha value is -1.31. The van der Waals surface area contributed by atoms with E-state index in [2.05, 4.69) is 6.07 Å². The molecule has 0 bridgehead atoms. The van der Waals surface area contributed by atoms with Crippen molar-refractivity contribution in [3.05, 3.63) is 29.8 Å². The van der Waals surface area contributed by atoms with Crippen molar-refractivity contribution in [2.24, 2.45) is 5.92 Å². The maximum Gasteiger partial charge on any atom is 0.176 e. The molecule has 1 aromatic rings. The largest absolute Gasteiger partial charge is 0.479 e. The van der Waals surface area contributed by atoms with Crippen LogP contribution in [0.15, 0.2) is 24.3 Å². The van der Waals surface area contributed by atoms with E-state index in [1.807, 2.05) is 25.1 Å². The first kappa shape index (κ1) is 8.04. The van der Waals surface area contributed by atoms with Crippen molar-refractivity contribution < 1.29 is 9.53 Å². The minimum absolute atomic E-state index is 0.247. The molecule has 72 valence electrons. The molecule has 0 radical (unpaired) electrons. The van der Waals surface area contributed by atoms with Gasteiger partial charge in [-0.25, -0.2) is 0 Å². The van der Waals surface area contributed by atoms with E-state index in [-0.39, 0.29) is 5.78 Å². The molecule has 3 rings (SSSR count). The van der Waals surface area contributed by atoms with Gasteiger partial charge in [-0.2, -0.15) is 0 Å². The summed E-state index contributed by atoms with van der Waals surface area (Å²) < 4.78 is 5.78. The first-order valence-corrected chi connectivity index (χ1v) is 5.00. The second-order valence-electron chi connectivity index (χ2n) is 4.35. The lowest BCUT2D eigenvalue weighted by Gasteiger charge is -2.48. The number of ether oxygens (including phenoxy) is 1. The fraction of sp³-hybridized carbons (Fsp3) is 0.417. The topological polar surface area (TPSA) is 26.3 Å². The molecule has 1 aliphatic carbocycles. The Kier molecular flexibility index (Phi) is 1.37. The van der Waals surface area contributed by atoms with Gasteiger partial charge in [0.25, 0.3) is 0 Å². The van der Waals surface area contributed by atoms with Crippen LogP contribution in [0.25, 0.3) is 0 Å². The van der Waals surface area contributed by atoms with E-state index in [0.29, 0.717) is 12.3 Å². The number of hydrogen-bond acceptors (Lipinski definition) is 2. The predicted molar refractivity (Wildman–Crippen MR) is 52.3 cm³/mol. The van der Waals surface area contributed by atoms with Crippen molar-refractivity contribution in [2.75, 3.05) is 0 Å². The quantitative estimate of drug-likeness (QED) is 0.622. The van der Waals surface area contributed by atoms with Gasteiger partial charge in [0.1, 0.15) is 5.75 Å². The maximum absolute atomic E-state index is 11.5. The molecule has 2 nitrogen and oxygen atoms in total. The molecule has 2 heteroatoms. The van der Waals surface area contributed by atoms with Crippen LogP contribution in [0.3, 0.4) is 0 Å². The molecule has 0 unspecified atom stereocenters. The summed E-state index contributed by atoms with van der Waals surface area (Å²) in [5.74, 6) is 1.53. The number of fused-ring (bicyclic) bond motifs is 2. The predicted octanol–water partition coefficient (Wildman–Crippen LogP) is 1.97. The number of rotatable bonds is 0. The molecule has 1 aromatic carbocycles. The number of Topliss-reactive ketones (excluding diaryl/α,β-unsaturated/α-hetero) is 1. The summed E-state index contributed by atoms with van der Waals surface area (Å²) in [5.41, 5.74) is 0.719. The van der Waals surface area contributed by atoms with Gasteiger partial charge in [0.05, 0.1) is 0 Å². The second-order valence-corrected chi connectivity index (χ2v) is 4.35. The summed E-state index contributed by atoms with van der Waals surface area (Å²) in [6.45, 7) is 1.92. The Balaban J connectivity index is 2.05. The van der Waals surface area contributed by atoms with E-state index in [0.717, 1.165) is 12.2 Å². The summed E-state index contributed by atoms with van der Waals surface area (Å²) in [6, 6.07) is 8.00. The minimum Gasteiger partial charge on any atom is -0.479 e. The SMILES string of the molecule is C[C@]12Oc3ccccc3C[C@H]1CC2=O. The molecule has 2 aliphatic rings. The van der Waals surface area contributed by atoms with Crippen molar-refractivity contribution in [1.29, 1.82) is 0 Å². The average Bonchev–Trinajstić information content (AvgIpc) is 2.19. The third-order valence-corrected chi connectivity index (χ3v) is 3.53. The molecule has 0 saturated heterocycles. The Morgan fingerprint density at radius 2 is 2.14 bits per heavy atom. The Morgan fingerprint density at radius 1 is 1.36 bits per heavy atom. The van der Waals surface area contributed by atoms with Gasteiger partial charge in [0.2, 0.25) is 0 Å². The summed E-state index contributed by atoms with van der Waals surface area (Å²) in [4.78, 5) is 11.5. The van der Waals surface area contributed by atoms with Crippen molar-refractivity contribution in [2.45, 2.75) is 25.4 Å². The highest BCUT2D eigenvalue weighted by Gasteiger charge is 2.55. The fourth-order valence-corrected chi connectivity index (χ4v) is 2.39. The molecule has 1 heterocycles. The second kappa shape index (κ2) is 2.38. The Labute approximate surface area is 82.9 Å². The summed E-state index contributed by atoms with van der Waals surface area (Å²) in [5, 5.41) is 0. The van der Waals surface area contributed by atoms with Gasteiger partial charge >= 0.3 is 0 Å². The van der Waals surface area contributed by atoms with Crippen LogP contribution >= 0.6 is 0 Å². The highest BCUT2D eigenvalue weighted by molar-refractivity contribution is 5.94. The van der Waals surface area contributed by atoms with Gasteiger partial charge in [0, 0.05) is 12.3 Å². The van der Waals surface area contributed by atoms with Crippen LogP contribution in [-0.2, 0) is 11.2 Å². The van der Waals surface area contributed by atoms with Crippen LogP contribution in [-0.4, -0.2) is 11.4 Å². The zero-order valence-electron chi connectivity index (χ0n) is 8.12. The zero-order valence-corrected chi connectivity index (χ0v) is 8.12. The van der Waals surface area contributed by atoms with Gasteiger partial charge in [-0.05, 0) is 25.0 Å². The molecule has 0 spiro atoms. The molecule has 2 atom stereocenters. The van der Waals surface area contributed by atoms with E-state index < -0.39 is 5.60 Å². The first-order valence-electron chi connectivity index (χ1n) is 5.00. The molecule has 1 saturated carbocycles. The number of carbonyl (C=O) groups excluding carboxylic acids is 1. The van der Waals surface area contributed by atoms with Gasteiger partial charge in [0.15, 0.2) is 11.4 Å². The third-order valence-electron chi connectivity index (χ3n) is 3.53.